The Kier molecular flexibility index (Phi) is 6.49. The smallest absolute Gasteiger partial charge is 0.300 e. The summed E-state index contributed by atoms with van der Waals surface area (Å²) in [4.78, 5) is 28.8. The number of benzene rings is 4. The summed E-state index contributed by atoms with van der Waals surface area (Å²) < 4.78 is 5.31. The van der Waals surface area contributed by atoms with Crippen molar-refractivity contribution in [2.45, 2.75) is 32.2 Å². The van der Waals surface area contributed by atoms with E-state index in [0.717, 1.165) is 16.3 Å². The van der Waals surface area contributed by atoms with Crippen LogP contribution in [0.25, 0.3) is 16.5 Å². The van der Waals surface area contributed by atoms with Gasteiger partial charge < -0.3 is 9.84 Å². The minimum absolute atomic E-state index is 0.0263. The predicted molar refractivity (Wildman–Crippen MR) is 152 cm³/mol. The van der Waals surface area contributed by atoms with E-state index >= 15 is 0 Å². The normalized spacial score (nSPS) is 17.3. The number of nitrogens with zero attached hydrogens (tertiary/aromatic N) is 1. The summed E-state index contributed by atoms with van der Waals surface area (Å²) in [5, 5.41) is 13.5. The number of amides is 1. The molecule has 0 aromatic heterocycles. The van der Waals surface area contributed by atoms with Crippen molar-refractivity contribution >= 4 is 45.5 Å². The number of halogens is 1. The lowest BCUT2D eigenvalue weighted by molar-refractivity contribution is -0.132. The molecule has 38 heavy (non-hydrogen) atoms. The van der Waals surface area contributed by atoms with Crippen LogP contribution in [0, 0.1) is 0 Å². The second-order valence-electron chi connectivity index (χ2n) is 10.4. The first kappa shape index (κ1) is 25.6. The van der Waals surface area contributed by atoms with Gasteiger partial charge in [0.1, 0.15) is 11.5 Å². The quantitative estimate of drug-likeness (QED) is 0.171. The molecule has 5 nitrogen and oxygen atoms in total. The number of rotatable bonds is 4. The average Bonchev–Trinajstić information content (AvgIpc) is 3.17. The third kappa shape index (κ3) is 4.33. The van der Waals surface area contributed by atoms with E-state index in [0.29, 0.717) is 17.0 Å². The lowest BCUT2D eigenvalue weighted by Crippen LogP contribution is -2.29. The van der Waals surface area contributed by atoms with Crippen molar-refractivity contribution in [3.8, 4) is 5.75 Å². The molecule has 1 atom stereocenters. The number of ether oxygens (including phenoxy) is 1. The zero-order valence-electron chi connectivity index (χ0n) is 21.7. The Bertz CT molecular complexity index is 1590. The van der Waals surface area contributed by atoms with E-state index in [9.17, 15) is 14.7 Å². The Morgan fingerprint density at radius 2 is 1.61 bits per heavy atom. The van der Waals surface area contributed by atoms with Crippen LogP contribution in [0.3, 0.4) is 0 Å². The molecule has 1 aliphatic heterocycles. The second kappa shape index (κ2) is 9.66. The highest BCUT2D eigenvalue weighted by Gasteiger charge is 2.47. The van der Waals surface area contributed by atoms with Gasteiger partial charge in [0.2, 0.25) is 0 Å². The zero-order valence-corrected chi connectivity index (χ0v) is 22.4. The van der Waals surface area contributed by atoms with Crippen LogP contribution in [0.5, 0.6) is 5.75 Å². The number of anilines is 1. The third-order valence-corrected chi connectivity index (χ3v) is 7.32. The van der Waals surface area contributed by atoms with Gasteiger partial charge in [-0.05, 0) is 46.2 Å². The molecular weight excluding hydrogens is 498 g/mol. The molecule has 1 unspecified atom stereocenters. The van der Waals surface area contributed by atoms with Crippen LogP contribution in [-0.2, 0) is 15.0 Å². The van der Waals surface area contributed by atoms with E-state index in [4.69, 9.17) is 16.3 Å². The van der Waals surface area contributed by atoms with Gasteiger partial charge in [0.05, 0.1) is 29.4 Å². The third-order valence-electron chi connectivity index (χ3n) is 6.99. The van der Waals surface area contributed by atoms with E-state index in [-0.39, 0.29) is 27.3 Å². The number of ketones is 1. The number of carbonyl (C=O) groups excluding carboxylic acids is 2. The molecule has 1 saturated heterocycles. The second-order valence-corrected chi connectivity index (χ2v) is 10.8. The van der Waals surface area contributed by atoms with Crippen LogP contribution < -0.4 is 9.64 Å². The first-order valence-corrected chi connectivity index (χ1v) is 12.7. The lowest BCUT2D eigenvalue weighted by atomic mass is 9.85. The molecule has 0 aliphatic carbocycles. The van der Waals surface area contributed by atoms with Gasteiger partial charge in [0, 0.05) is 10.9 Å². The van der Waals surface area contributed by atoms with Gasteiger partial charge in [-0.2, -0.15) is 0 Å². The Labute approximate surface area is 226 Å². The molecule has 4 aromatic carbocycles. The molecule has 5 rings (SSSR count). The van der Waals surface area contributed by atoms with Crippen LogP contribution >= 0.6 is 11.6 Å². The van der Waals surface area contributed by atoms with Crippen molar-refractivity contribution in [2.75, 3.05) is 12.0 Å². The van der Waals surface area contributed by atoms with Gasteiger partial charge in [-0.15, -0.1) is 0 Å². The number of hydrogen-bond acceptors (Lipinski definition) is 4. The van der Waals surface area contributed by atoms with Crippen LogP contribution in [0.4, 0.5) is 5.69 Å². The summed E-state index contributed by atoms with van der Waals surface area (Å²) in [7, 11) is 1.50. The number of Topliss-reactive ketones (excluding diaryl/α,β-unsaturated/α-hetero) is 1. The fourth-order valence-electron chi connectivity index (χ4n) is 4.94. The fourth-order valence-corrected chi connectivity index (χ4v) is 5.15. The largest absolute Gasteiger partial charge is 0.507 e. The molecule has 1 heterocycles. The van der Waals surface area contributed by atoms with Crippen molar-refractivity contribution in [1.82, 2.24) is 0 Å². The summed E-state index contributed by atoms with van der Waals surface area (Å²) in [6.45, 7) is 6.36. The monoisotopic (exact) mass is 525 g/mol. The van der Waals surface area contributed by atoms with E-state index in [2.05, 4.69) is 20.8 Å². The molecule has 4 aromatic rings. The van der Waals surface area contributed by atoms with Gasteiger partial charge in [-0.1, -0.05) is 93.0 Å². The molecule has 0 radical (unpaired) electrons. The Morgan fingerprint density at radius 3 is 2.29 bits per heavy atom. The standard InChI is InChI=1S/C32H28ClNO4/c1-32(2,3)21-14-12-20(13-15-21)28-27(29(35)24-18-22(38-4)16-17-25(24)33)30(36)31(37)34(28)26-11-7-9-19-8-5-6-10-23(19)26/h5-18,28,35H,1-4H3/b29-27+. The summed E-state index contributed by atoms with van der Waals surface area (Å²) in [5.41, 5.74) is 2.51. The van der Waals surface area contributed by atoms with E-state index in [1.165, 1.54) is 12.0 Å². The van der Waals surface area contributed by atoms with E-state index in [1.54, 1.807) is 18.2 Å². The molecule has 6 heteroatoms. The van der Waals surface area contributed by atoms with Crippen LogP contribution in [0.15, 0.2) is 90.5 Å². The summed E-state index contributed by atoms with van der Waals surface area (Å²) in [5.74, 6) is -1.38. The number of fused-ring (bicyclic) bond motifs is 1. The Balaban J connectivity index is 1.78. The van der Waals surface area contributed by atoms with E-state index < -0.39 is 17.7 Å². The number of aliphatic hydroxyl groups is 1. The topological polar surface area (TPSA) is 66.8 Å². The molecule has 0 saturated carbocycles. The van der Waals surface area contributed by atoms with Crippen molar-refractivity contribution < 1.29 is 19.4 Å². The van der Waals surface area contributed by atoms with Gasteiger partial charge in [-0.3, -0.25) is 14.5 Å². The summed E-state index contributed by atoms with van der Waals surface area (Å²) in [6, 6.07) is 25.1. The average molecular weight is 526 g/mol. The highest BCUT2D eigenvalue weighted by molar-refractivity contribution is 6.52. The summed E-state index contributed by atoms with van der Waals surface area (Å²) >= 11 is 6.45. The highest BCUT2D eigenvalue weighted by atomic mass is 35.5. The van der Waals surface area contributed by atoms with E-state index in [1.807, 2.05) is 66.7 Å². The number of hydrogen-bond donors (Lipinski definition) is 1. The predicted octanol–water partition coefficient (Wildman–Crippen LogP) is 7.43. The highest BCUT2D eigenvalue weighted by Crippen LogP contribution is 2.45. The molecule has 192 valence electrons. The van der Waals surface area contributed by atoms with Gasteiger partial charge in [-0.25, -0.2) is 0 Å². The molecule has 0 bridgehead atoms. The molecule has 1 aliphatic rings. The van der Waals surface area contributed by atoms with Crippen molar-refractivity contribution in [2.24, 2.45) is 0 Å². The maximum atomic E-state index is 13.7. The molecule has 1 fully saturated rings. The minimum atomic E-state index is -0.864. The molecule has 0 spiro atoms. The Morgan fingerprint density at radius 1 is 0.921 bits per heavy atom. The first-order valence-electron chi connectivity index (χ1n) is 12.3. The van der Waals surface area contributed by atoms with Gasteiger partial charge in [0.25, 0.3) is 11.7 Å². The number of methoxy groups -OCH3 is 1. The molecule has 1 N–H and O–H groups in total. The van der Waals surface area contributed by atoms with Gasteiger partial charge in [0.15, 0.2) is 0 Å². The maximum absolute atomic E-state index is 13.7. The van der Waals surface area contributed by atoms with Crippen molar-refractivity contribution in [3.05, 3.63) is 112 Å². The van der Waals surface area contributed by atoms with Crippen LogP contribution in [0.2, 0.25) is 5.02 Å². The van der Waals surface area contributed by atoms with Crippen LogP contribution in [-0.4, -0.2) is 23.9 Å². The fraction of sp³-hybridized carbons (Fsp3) is 0.188. The minimum Gasteiger partial charge on any atom is -0.507 e. The Hall–Kier alpha value is -4.09. The van der Waals surface area contributed by atoms with Crippen LogP contribution in [0.1, 0.15) is 43.5 Å². The maximum Gasteiger partial charge on any atom is 0.300 e. The van der Waals surface area contributed by atoms with Gasteiger partial charge >= 0.3 is 0 Å². The van der Waals surface area contributed by atoms with Crippen molar-refractivity contribution in [3.63, 3.8) is 0 Å². The molecular formula is C32H28ClNO4. The zero-order chi connectivity index (χ0) is 27.2. The number of carbonyl (C=O) groups is 2. The lowest BCUT2D eigenvalue weighted by Gasteiger charge is -2.27. The molecule has 1 amide bonds. The summed E-state index contributed by atoms with van der Waals surface area (Å²) in [6.07, 6.45) is 0. The number of aliphatic hydroxyl groups excluding tert-OH is 1. The first-order chi connectivity index (χ1) is 18.1. The SMILES string of the molecule is COc1ccc(Cl)c(/C(O)=C2\C(=O)C(=O)N(c3cccc4ccccc34)C2c2ccc(C(C)(C)C)cc2)c1. The van der Waals surface area contributed by atoms with Crippen molar-refractivity contribution in [1.29, 1.82) is 0 Å².